The first-order valence-corrected chi connectivity index (χ1v) is 5.73. The molecule has 0 heterocycles. The molecule has 18 heavy (non-hydrogen) atoms. The minimum atomic E-state index is -1.03. The van der Waals surface area contributed by atoms with Gasteiger partial charge in [0, 0.05) is 16.0 Å². The van der Waals surface area contributed by atoms with Gasteiger partial charge in [-0.1, -0.05) is 12.1 Å². The normalized spacial score (nSPS) is 10.4. The molecule has 0 atom stereocenters. The van der Waals surface area contributed by atoms with Crippen molar-refractivity contribution < 1.29 is 13.6 Å². The van der Waals surface area contributed by atoms with E-state index in [1.807, 2.05) is 6.92 Å². The third-order valence-corrected chi connectivity index (χ3v) is 3.13. The SMILES string of the molecule is Cc1ccc(C(=O)c2ccc(F)c(F)c2)cc1S. The van der Waals surface area contributed by atoms with Gasteiger partial charge in [0.1, 0.15) is 0 Å². The van der Waals surface area contributed by atoms with E-state index in [9.17, 15) is 13.6 Å². The molecule has 1 nitrogen and oxygen atoms in total. The summed E-state index contributed by atoms with van der Waals surface area (Å²) < 4.78 is 25.8. The molecule has 0 aliphatic heterocycles. The zero-order valence-corrected chi connectivity index (χ0v) is 10.5. The summed E-state index contributed by atoms with van der Waals surface area (Å²) in [7, 11) is 0. The third kappa shape index (κ3) is 2.43. The Hall–Kier alpha value is -1.68. The molecule has 0 unspecified atom stereocenters. The minimum Gasteiger partial charge on any atom is -0.289 e. The molecular weight excluding hydrogens is 254 g/mol. The number of thiol groups is 1. The minimum absolute atomic E-state index is 0.116. The van der Waals surface area contributed by atoms with E-state index in [0.29, 0.717) is 10.5 Å². The topological polar surface area (TPSA) is 17.1 Å². The zero-order chi connectivity index (χ0) is 13.3. The van der Waals surface area contributed by atoms with Crippen LogP contribution in [0, 0.1) is 18.6 Å². The van der Waals surface area contributed by atoms with E-state index in [1.165, 1.54) is 6.07 Å². The summed E-state index contributed by atoms with van der Waals surface area (Å²) in [5, 5.41) is 0. The highest BCUT2D eigenvalue weighted by molar-refractivity contribution is 7.80. The van der Waals surface area contributed by atoms with Gasteiger partial charge in [0.15, 0.2) is 17.4 Å². The van der Waals surface area contributed by atoms with Crippen molar-refractivity contribution >= 4 is 18.4 Å². The number of benzene rings is 2. The van der Waals surface area contributed by atoms with Crippen molar-refractivity contribution in [2.75, 3.05) is 0 Å². The van der Waals surface area contributed by atoms with Crippen LogP contribution in [-0.4, -0.2) is 5.78 Å². The van der Waals surface area contributed by atoms with Crippen LogP contribution in [0.2, 0.25) is 0 Å². The van der Waals surface area contributed by atoms with Crippen molar-refractivity contribution in [1.82, 2.24) is 0 Å². The van der Waals surface area contributed by atoms with Crippen LogP contribution in [0.25, 0.3) is 0 Å². The quantitative estimate of drug-likeness (QED) is 0.645. The molecule has 0 fully saturated rings. The van der Waals surface area contributed by atoms with E-state index >= 15 is 0 Å². The van der Waals surface area contributed by atoms with E-state index in [1.54, 1.807) is 18.2 Å². The summed E-state index contributed by atoms with van der Waals surface area (Å²) in [5.74, 6) is -2.35. The van der Waals surface area contributed by atoms with Gasteiger partial charge in [0.25, 0.3) is 0 Å². The highest BCUT2D eigenvalue weighted by atomic mass is 32.1. The average Bonchev–Trinajstić information content (AvgIpc) is 2.35. The Morgan fingerprint density at radius 1 is 1.00 bits per heavy atom. The highest BCUT2D eigenvalue weighted by Crippen LogP contribution is 2.18. The molecule has 92 valence electrons. The molecule has 0 aliphatic carbocycles. The Kier molecular flexibility index (Phi) is 3.48. The van der Waals surface area contributed by atoms with Gasteiger partial charge >= 0.3 is 0 Å². The summed E-state index contributed by atoms with van der Waals surface area (Å²) in [6, 6.07) is 8.11. The van der Waals surface area contributed by atoms with Crippen LogP contribution in [0.15, 0.2) is 41.3 Å². The van der Waals surface area contributed by atoms with Crippen molar-refractivity contribution in [3.8, 4) is 0 Å². The summed E-state index contributed by atoms with van der Waals surface area (Å²) >= 11 is 4.22. The Morgan fingerprint density at radius 2 is 1.61 bits per heavy atom. The number of halogens is 2. The second-order valence-corrected chi connectivity index (χ2v) is 4.44. The summed E-state index contributed by atoms with van der Waals surface area (Å²) in [4.78, 5) is 12.7. The van der Waals surface area contributed by atoms with E-state index in [4.69, 9.17) is 0 Å². The molecule has 4 heteroatoms. The average molecular weight is 264 g/mol. The van der Waals surface area contributed by atoms with Crippen LogP contribution < -0.4 is 0 Å². The van der Waals surface area contributed by atoms with Crippen molar-refractivity contribution in [1.29, 1.82) is 0 Å². The van der Waals surface area contributed by atoms with Crippen molar-refractivity contribution in [2.45, 2.75) is 11.8 Å². The second kappa shape index (κ2) is 4.90. The fourth-order valence-electron chi connectivity index (χ4n) is 1.55. The van der Waals surface area contributed by atoms with Crippen LogP contribution in [0.5, 0.6) is 0 Å². The fourth-order valence-corrected chi connectivity index (χ4v) is 1.77. The van der Waals surface area contributed by atoms with Gasteiger partial charge < -0.3 is 0 Å². The van der Waals surface area contributed by atoms with Gasteiger partial charge in [-0.15, -0.1) is 12.6 Å². The first-order valence-electron chi connectivity index (χ1n) is 5.28. The van der Waals surface area contributed by atoms with E-state index in [-0.39, 0.29) is 11.3 Å². The van der Waals surface area contributed by atoms with Gasteiger partial charge in [0.2, 0.25) is 0 Å². The van der Waals surface area contributed by atoms with E-state index in [0.717, 1.165) is 17.7 Å². The predicted octanol–water partition coefficient (Wildman–Crippen LogP) is 3.79. The first kappa shape index (κ1) is 12.8. The number of carbonyl (C=O) groups is 1. The largest absolute Gasteiger partial charge is 0.289 e. The Bertz CT molecular complexity index is 570. The molecule has 2 rings (SSSR count). The maximum atomic E-state index is 13.1. The number of hydrogen-bond donors (Lipinski definition) is 1. The Labute approximate surface area is 109 Å². The van der Waals surface area contributed by atoms with E-state index < -0.39 is 11.6 Å². The first-order chi connectivity index (χ1) is 8.49. The number of ketones is 1. The molecule has 0 N–H and O–H groups in total. The van der Waals surface area contributed by atoms with Crippen molar-refractivity contribution in [3.63, 3.8) is 0 Å². The fraction of sp³-hybridized carbons (Fsp3) is 0.0714. The van der Waals surface area contributed by atoms with Crippen LogP contribution in [0.3, 0.4) is 0 Å². The number of aryl methyl sites for hydroxylation is 1. The predicted molar refractivity (Wildman–Crippen MR) is 68.2 cm³/mol. The van der Waals surface area contributed by atoms with Gasteiger partial charge in [-0.3, -0.25) is 4.79 Å². The number of rotatable bonds is 2. The Morgan fingerprint density at radius 3 is 2.22 bits per heavy atom. The molecule has 0 aliphatic rings. The molecule has 2 aromatic carbocycles. The number of hydrogen-bond acceptors (Lipinski definition) is 2. The molecule has 0 saturated carbocycles. The van der Waals surface area contributed by atoms with Crippen LogP contribution in [0.1, 0.15) is 21.5 Å². The van der Waals surface area contributed by atoms with Crippen molar-refractivity contribution in [3.05, 3.63) is 64.7 Å². The second-order valence-electron chi connectivity index (χ2n) is 3.96. The lowest BCUT2D eigenvalue weighted by molar-refractivity contribution is 0.103. The summed E-state index contributed by atoms with van der Waals surface area (Å²) in [5.41, 5.74) is 1.46. The summed E-state index contributed by atoms with van der Waals surface area (Å²) in [6.45, 7) is 1.87. The molecule has 0 saturated heterocycles. The van der Waals surface area contributed by atoms with E-state index in [2.05, 4.69) is 12.6 Å². The smallest absolute Gasteiger partial charge is 0.193 e. The lowest BCUT2D eigenvalue weighted by Gasteiger charge is -2.04. The molecule has 0 radical (unpaired) electrons. The molecule has 0 aromatic heterocycles. The monoisotopic (exact) mass is 264 g/mol. The lowest BCUT2D eigenvalue weighted by atomic mass is 10.0. The van der Waals surface area contributed by atoms with Gasteiger partial charge in [-0.05, 0) is 36.8 Å². The van der Waals surface area contributed by atoms with Crippen molar-refractivity contribution in [2.24, 2.45) is 0 Å². The zero-order valence-electron chi connectivity index (χ0n) is 9.58. The van der Waals surface area contributed by atoms with Gasteiger partial charge in [-0.2, -0.15) is 0 Å². The summed E-state index contributed by atoms with van der Waals surface area (Å²) in [6.07, 6.45) is 0. The molecule has 0 bridgehead atoms. The van der Waals surface area contributed by atoms with Crippen LogP contribution >= 0.6 is 12.6 Å². The number of carbonyl (C=O) groups excluding carboxylic acids is 1. The van der Waals surface area contributed by atoms with Gasteiger partial charge in [-0.25, -0.2) is 8.78 Å². The molecular formula is C14H10F2OS. The van der Waals surface area contributed by atoms with Crippen LogP contribution in [-0.2, 0) is 0 Å². The van der Waals surface area contributed by atoms with Gasteiger partial charge in [0.05, 0.1) is 0 Å². The molecule has 0 amide bonds. The standard InChI is InChI=1S/C14H10F2OS/c1-8-2-3-10(7-13(8)18)14(17)9-4-5-11(15)12(16)6-9/h2-7,18H,1H3. The maximum absolute atomic E-state index is 13.1. The third-order valence-electron chi connectivity index (χ3n) is 2.65. The molecule has 2 aromatic rings. The maximum Gasteiger partial charge on any atom is 0.193 e. The highest BCUT2D eigenvalue weighted by Gasteiger charge is 2.12. The Balaban J connectivity index is 2.41. The molecule has 0 spiro atoms. The lowest BCUT2D eigenvalue weighted by Crippen LogP contribution is -2.03. The van der Waals surface area contributed by atoms with Crippen LogP contribution in [0.4, 0.5) is 8.78 Å².